The van der Waals surface area contributed by atoms with Crippen LogP contribution < -0.4 is 5.32 Å². The first-order valence-corrected chi connectivity index (χ1v) is 6.90. The van der Waals surface area contributed by atoms with Gasteiger partial charge in [-0.3, -0.25) is 9.59 Å². The quantitative estimate of drug-likeness (QED) is 0.573. The summed E-state index contributed by atoms with van der Waals surface area (Å²) in [6, 6.07) is 0. The topological polar surface area (TPSA) is 95.9 Å². The van der Waals surface area contributed by atoms with E-state index in [1.54, 1.807) is 0 Å². The predicted octanol–water partition coefficient (Wildman–Crippen LogP) is 0.0229. The van der Waals surface area contributed by atoms with Crippen molar-refractivity contribution in [1.82, 2.24) is 5.32 Å². The Bertz CT molecular complexity index is 408. The largest absolute Gasteiger partial charge is 0.481 e. The lowest BCUT2D eigenvalue weighted by molar-refractivity contribution is -0.147. The molecule has 1 fully saturated rings. The molecule has 0 aromatic rings. The Morgan fingerprint density at radius 2 is 2.00 bits per heavy atom. The van der Waals surface area contributed by atoms with Crippen LogP contribution in [0.3, 0.4) is 0 Å². The van der Waals surface area contributed by atoms with Gasteiger partial charge in [-0.25, -0.2) is 0 Å². The Kier molecular flexibility index (Phi) is 4.77. The number of methoxy groups -OCH3 is 1. The van der Waals surface area contributed by atoms with Gasteiger partial charge in [-0.1, -0.05) is 12.2 Å². The third kappa shape index (κ3) is 3.02. The summed E-state index contributed by atoms with van der Waals surface area (Å²) in [5.74, 6) is -2.21. The van der Waals surface area contributed by atoms with Gasteiger partial charge in [0.25, 0.3) is 0 Å². The number of amides is 1. The third-order valence-electron chi connectivity index (χ3n) is 4.18. The lowest BCUT2D eigenvalue weighted by Crippen LogP contribution is -2.41. The van der Waals surface area contributed by atoms with E-state index in [-0.39, 0.29) is 24.3 Å². The van der Waals surface area contributed by atoms with Gasteiger partial charge in [-0.2, -0.15) is 0 Å². The van der Waals surface area contributed by atoms with E-state index in [0.717, 1.165) is 6.42 Å². The van der Waals surface area contributed by atoms with E-state index in [2.05, 4.69) is 5.32 Å². The fourth-order valence-electron chi connectivity index (χ4n) is 3.27. The minimum atomic E-state index is -0.901. The minimum absolute atomic E-state index is 0.0210. The zero-order valence-electron chi connectivity index (χ0n) is 11.5. The first-order valence-electron chi connectivity index (χ1n) is 6.90. The number of carbonyl (C=O) groups is 2. The van der Waals surface area contributed by atoms with Crippen molar-refractivity contribution in [2.75, 3.05) is 20.3 Å². The average molecular weight is 283 g/mol. The van der Waals surface area contributed by atoms with Crippen molar-refractivity contribution in [3.8, 4) is 0 Å². The van der Waals surface area contributed by atoms with Gasteiger partial charge in [-0.15, -0.1) is 0 Å². The van der Waals surface area contributed by atoms with Gasteiger partial charge in [0, 0.05) is 13.7 Å². The number of fused-ring (bicyclic) bond motifs is 2. The molecular formula is C14H21NO5. The van der Waals surface area contributed by atoms with Gasteiger partial charge in [0.05, 0.1) is 24.5 Å². The molecule has 3 N–H and O–H groups in total. The van der Waals surface area contributed by atoms with Crippen molar-refractivity contribution < 1.29 is 24.5 Å². The summed E-state index contributed by atoms with van der Waals surface area (Å²) in [6.45, 7) is 0.553. The monoisotopic (exact) mass is 283 g/mol. The predicted molar refractivity (Wildman–Crippen MR) is 70.9 cm³/mol. The van der Waals surface area contributed by atoms with E-state index in [1.807, 2.05) is 12.2 Å². The van der Waals surface area contributed by atoms with Gasteiger partial charge < -0.3 is 20.3 Å². The molecule has 0 heterocycles. The Morgan fingerprint density at radius 1 is 1.35 bits per heavy atom. The molecule has 0 saturated heterocycles. The molecule has 5 atom stereocenters. The summed E-state index contributed by atoms with van der Waals surface area (Å²) in [6.07, 6.45) is 4.40. The van der Waals surface area contributed by atoms with Gasteiger partial charge >= 0.3 is 5.97 Å². The molecule has 1 saturated carbocycles. The second-order valence-electron chi connectivity index (χ2n) is 5.53. The van der Waals surface area contributed by atoms with Crippen molar-refractivity contribution in [2.24, 2.45) is 23.7 Å². The highest BCUT2D eigenvalue weighted by Crippen LogP contribution is 2.48. The highest BCUT2D eigenvalue weighted by molar-refractivity contribution is 5.86. The van der Waals surface area contributed by atoms with E-state index in [1.165, 1.54) is 7.11 Å². The first kappa shape index (κ1) is 15.0. The average Bonchev–Trinajstić information content (AvgIpc) is 2.98. The van der Waals surface area contributed by atoms with Crippen molar-refractivity contribution in [1.29, 1.82) is 0 Å². The molecule has 20 heavy (non-hydrogen) atoms. The highest BCUT2D eigenvalue weighted by atomic mass is 16.5. The molecular weight excluding hydrogens is 262 g/mol. The van der Waals surface area contributed by atoms with Crippen LogP contribution in [0.25, 0.3) is 0 Å². The molecule has 2 aliphatic rings. The van der Waals surface area contributed by atoms with Crippen LogP contribution in [0.2, 0.25) is 0 Å². The minimum Gasteiger partial charge on any atom is -0.481 e. The maximum Gasteiger partial charge on any atom is 0.307 e. The zero-order chi connectivity index (χ0) is 14.7. The second kappa shape index (κ2) is 6.37. The number of hydrogen-bond donors (Lipinski definition) is 3. The number of carboxylic acid groups (broad SMARTS) is 1. The van der Waals surface area contributed by atoms with Crippen LogP contribution in [-0.4, -0.2) is 48.5 Å². The number of aliphatic hydroxyl groups excluding tert-OH is 1. The van der Waals surface area contributed by atoms with Crippen LogP contribution in [0.4, 0.5) is 0 Å². The molecule has 0 aromatic carbocycles. The normalized spacial score (nSPS) is 32.3. The Labute approximate surface area is 117 Å². The van der Waals surface area contributed by atoms with Crippen LogP contribution >= 0.6 is 0 Å². The van der Waals surface area contributed by atoms with Crippen molar-refractivity contribution >= 4 is 11.9 Å². The number of hydrogen-bond acceptors (Lipinski definition) is 4. The molecule has 0 radical (unpaired) electrons. The number of rotatable bonds is 7. The molecule has 112 valence electrons. The molecule has 2 rings (SSSR count). The van der Waals surface area contributed by atoms with Gasteiger partial charge in [0.1, 0.15) is 0 Å². The Balaban J connectivity index is 1.86. The van der Waals surface area contributed by atoms with Gasteiger partial charge in [0.15, 0.2) is 0 Å². The molecule has 6 nitrogen and oxygen atoms in total. The van der Waals surface area contributed by atoms with Crippen LogP contribution in [0, 0.1) is 23.7 Å². The molecule has 0 aliphatic heterocycles. The molecule has 0 aromatic heterocycles. The first-order chi connectivity index (χ1) is 9.54. The van der Waals surface area contributed by atoms with Crippen LogP contribution in [0.15, 0.2) is 12.2 Å². The standard InChI is InChI=1S/C14H21NO5/c1-20-7-10(16)4-5-15-13(17)11-8-2-3-9(6-8)12(11)14(18)19/h2-3,8-12,16H,4-7H2,1H3,(H,15,17)(H,18,19)/t8?,9?,10?,11-,12+/m0/s1. The molecule has 3 unspecified atom stereocenters. The van der Waals surface area contributed by atoms with E-state index in [4.69, 9.17) is 4.74 Å². The maximum absolute atomic E-state index is 12.2. The summed E-state index contributed by atoms with van der Waals surface area (Å²) >= 11 is 0. The van der Waals surface area contributed by atoms with Crippen LogP contribution in [0.5, 0.6) is 0 Å². The summed E-state index contributed by atoms with van der Waals surface area (Å²) in [5.41, 5.74) is 0. The van der Waals surface area contributed by atoms with Crippen molar-refractivity contribution in [2.45, 2.75) is 18.9 Å². The second-order valence-corrected chi connectivity index (χ2v) is 5.53. The summed E-state index contributed by atoms with van der Waals surface area (Å²) in [7, 11) is 1.50. The molecule has 2 aliphatic carbocycles. The Hall–Kier alpha value is -1.40. The van der Waals surface area contributed by atoms with E-state index >= 15 is 0 Å². The van der Waals surface area contributed by atoms with Crippen LogP contribution in [-0.2, 0) is 14.3 Å². The highest BCUT2D eigenvalue weighted by Gasteiger charge is 2.51. The van der Waals surface area contributed by atoms with Gasteiger partial charge in [-0.05, 0) is 24.7 Å². The smallest absolute Gasteiger partial charge is 0.307 e. The van der Waals surface area contributed by atoms with Crippen LogP contribution in [0.1, 0.15) is 12.8 Å². The summed E-state index contributed by atoms with van der Waals surface area (Å²) < 4.78 is 4.80. The lowest BCUT2D eigenvalue weighted by Gasteiger charge is -2.24. The van der Waals surface area contributed by atoms with E-state index in [9.17, 15) is 19.8 Å². The summed E-state index contributed by atoms with van der Waals surface area (Å²) in [4.78, 5) is 23.5. The van der Waals surface area contributed by atoms with E-state index in [0.29, 0.717) is 13.0 Å². The maximum atomic E-state index is 12.2. The number of carbonyl (C=O) groups excluding carboxylic acids is 1. The third-order valence-corrected chi connectivity index (χ3v) is 4.18. The number of allylic oxidation sites excluding steroid dienone is 2. The number of carboxylic acids is 1. The van der Waals surface area contributed by atoms with Gasteiger partial charge in [0.2, 0.25) is 5.91 Å². The zero-order valence-corrected chi connectivity index (χ0v) is 11.5. The fourth-order valence-corrected chi connectivity index (χ4v) is 3.27. The van der Waals surface area contributed by atoms with Crippen molar-refractivity contribution in [3.63, 3.8) is 0 Å². The fraction of sp³-hybridized carbons (Fsp3) is 0.714. The number of nitrogens with one attached hydrogen (secondary N) is 1. The number of aliphatic carboxylic acids is 1. The molecule has 1 amide bonds. The lowest BCUT2D eigenvalue weighted by atomic mass is 9.82. The molecule has 6 heteroatoms. The van der Waals surface area contributed by atoms with Crippen molar-refractivity contribution in [3.05, 3.63) is 12.2 Å². The Morgan fingerprint density at radius 3 is 2.60 bits per heavy atom. The molecule has 2 bridgehead atoms. The number of aliphatic hydroxyl groups is 1. The number of ether oxygens (including phenoxy) is 1. The molecule has 0 spiro atoms. The SMILES string of the molecule is COCC(O)CCNC(=O)[C@H]1C2C=CC(C2)[C@H]1C(=O)O. The van der Waals surface area contributed by atoms with E-state index < -0.39 is 23.9 Å². The summed E-state index contributed by atoms with van der Waals surface area (Å²) in [5, 5.41) is 21.5.